The third-order valence-corrected chi connectivity index (χ3v) is 4.14. The molecule has 1 amide bonds. The van der Waals surface area contributed by atoms with E-state index in [0.717, 1.165) is 0 Å². The van der Waals surface area contributed by atoms with Gasteiger partial charge in [0.05, 0.1) is 13.2 Å². The summed E-state index contributed by atoms with van der Waals surface area (Å²) in [5.74, 6) is 1.03. The fourth-order valence-electron chi connectivity index (χ4n) is 2.76. The van der Waals surface area contributed by atoms with Gasteiger partial charge in [0.2, 0.25) is 0 Å². The zero-order chi connectivity index (χ0) is 17.0. The van der Waals surface area contributed by atoms with Crippen molar-refractivity contribution < 1.29 is 19.4 Å². The molecule has 0 aromatic heterocycles. The predicted octanol–water partition coefficient (Wildman–Crippen LogP) is 2.24. The topological polar surface area (TPSA) is 67.8 Å². The highest BCUT2D eigenvalue weighted by Gasteiger charge is 2.36. The SMILES string of the molecule is CC(Oc1ccccc1)C(=O)NCC1(O)CCOc2ccccc21. The van der Waals surface area contributed by atoms with Gasteiger partial charge in [0.15, 0.2) is 6.10 Å². The normalized spacial score (nSPS) is 20.4. The van der Waals surface area contributed by atoms with Crippen molar-refractivity contribution in [3.05, 3.63) is 60.2 Å². The van der Waals surface area contributed by atoms with Gasteiger partial charge in [0, 0.05) is 12.0 Å². The van der Waals surface area contributed by atoms with Gasteiger partial charge < -0.3 is 19.9 Å². The van der Waals surface area contributed by atoms with Crippen molar-refractivity contribution >= 4 is 5.91 Å². The summed E-state index contributed by atoms with van der Waals surface area (Å²) in [6, 6.07) is 16.5. The minimum Gasteiger partial charge on any atom is -0.493 e. The van der Waals surface area contributed by atoms with E-state index in [-0.39, 0.29) is 12.5 Å². The number of amides is 1. The van der Waals surface area contributed by atoms with Gasteiger partial charge >= 0.3 is 0 Å². The van der Waals surface area contributed by atoms with Gasteiger partial charge in [-0.1, -0.05) is 36.4 Å². The average molecular weight is 327 g/mol. The zero-order valence-corrected chi connectivity index (χ0v) is 13.6. The fraction of sp³-hybridized carbons (Fsp3) is 0.316. The Bertz CT molecular complexity index is 704. The molecule has 0 spiro atoms. The minimum absolute atomic E-state index is 0.120. The summed E-state index contributed by atoms with van der Waals surface area (Å²) in [6.45, 7) is 2.22. The molecule has 2 atom stereocenters. The molecule has 1 heterocycles. The maximum absolute atomic E-state index is 12.3. The Hall–Kier alpha value is -2.53. The van der Waals surface area contributed by atoms with E-state index in [2.05, 4.69) is 5.32 Å². The molecule has 0 bridgehead atoms. The second kappa shape index (κ2) is 6.93. The number of rotatable bonds is 5. The highest BCUT2D eigenvalue weighted by atomic mass is 16.5. The van der Waals surface area contributed by atoms with Crippen LogP contribution in [0.25, 0.3) is 0 Å². The van der Waals surface area contributed by atoms with Crippen molar-refractivity contribution in [3.63, 3.8) is 0 Å². The number of aliphatic hydroxyl groups is 1. The molecular weight excluding hydrogens is 306 g/mol. The largest absolute Gasteiger partial charge is 0.493 e. The Morgan fingerprint density at radius 2 is 1.96 bits per heavy atom. The van der Waals surface area contributed by atoms with Crippen LogP contribution in [-0.2, 0) is 10.4 Å². The summed E-state index contributed by atoms with van der Waals surface area (Å²) in [6.07, 6.45) is -0.218. The van der Waals surface area contributed by atoms with Crippen LogP contribution in [0.3, 0.4) is 0 Å². The first-order chi connectivity index (χ1) is 11.6. The second-order valence-corrected chi connectivity index (χ2v) is 5.92. The highest BCUT2D eigenvalue weighted by Crippen LogP contribution is 2.36. The first-order valence-corrected chi connectivity index (χ1v) is 8.03. The zero-order valence-electron chi connectivity index (χ0n) is 13.6. The molecule has 5 heteroatoms. The number of benzene rings is 2. The highest BCUT2D eigenvalue weighted by molar-refractivity contribution is 5.80. The Morgan fingerprint density at radius 3 is 2.75 bits per heavy atom. The molecule has 2 aromatic carbocycles. The Balaban J connectivity index is 1.62. The van der Waals surface area contributed by atoms with Gasteiger partial charge in [-0.15, -0.1) is 0 Å². The van der Waals surface area contributed by atoms with E-state index < -0.39 is 11.7 Å². The lowest BCUT2D eigenvalue weighted by molar-refractivity contribution is -0.129. The number of carbonyl (C=O) groups excluding carboxylic acids is 1. The van der Waals surface area contributed by atoms with Crippen LogP contribution in [0.15, 0.2) is 54.6 Å². The molecular formula is C19H21NO4. The Kier molecular flexibility index (Phi) is 4.71. The molecule has 3 rings (SSSR count). The van der Waals surface area contributed by atoms with Crippen LogP contribution in [0.5, 0.6) is 11.5 Å². The quantitative estimate of drug-likeness (QED) is 0.884. The van der Waals surface area contributed by atoms with E-state index in [1.807, 2.05) is 42.5 Å². The molecule has 1 aliphatic heterocycles. The number of hydrogen-bond donors (Lipinski definition) is 2. The third-order valence-electron chi connectivity index (χ3n) is 4.14. The molecule has 2 aromatic rings. The lowest BCUT2D eigenvalue weighted by atomic mass is 9.88. The predicted molar refractivity (Wildman–Crippen MR) is 90.0 cm³/mol. The van der Waals surface area contributed by atoms with Crippen LogP contribution in [0.1, 0.15) is 18.9 Å². The van der Waals surface area contributed by atoms with Crippen molar-refractivity contribution in [1.82, 2.24) is 5.32 Å². The second-order valence-electron chi connectivity index (χ2n) is 5.92. The lowest BCUT2D eigenvalue weighted by Crippen LogP contribution is -2.47. The molecule has 0 aliphatic carbocycles. The molecule has 0 saturated heterocycles. The standard InChI is InChI=1S/C19H21NO4/c1-14(24-15-7-3-2-4-8-15)18(21)20-13-19(22)11-12-23-17-10-6-5-9-16(17)19/h2-10,14,22H,11-13H2,1H3,(H,20,21). The number of ether oxygens (including phenoxy) is 2. The van der Waals surface area contributed by atoms with Crippen LogP contribution in [-0.4, -0.2) is 30.3 Å². The van der Waals surface area contributed by atoms with Crippen LogP contribution >= 0.6 is 0 Å². The van der Waals surface area contributed by atoms with E-state index in [1.54, 1.807) is 19.1 Å². The summed E-state index contributed by atoms with van der Waals surface area (Å²) in [7, 11) is 0. The van der Waals surface area contributed by atoms with Crippen LogP contribution in [0, 0.1) is 0 Å². The summed E-state index contributed by atoms with van der Waals surface area (Å²) >= 11 is 0. The van der Waals surface area contributed by atoms with E-state index in [9.17, 15) is 9.90 Å². The van der Waals surface area contributed by atoms with Crippen LogP contribution in [0.2, 0.25) is 0 Å². The number of carbonyl (C=O) groups is 1. The number of hydrogen-bond acceptors (Lipinski definition) is 4. The molecule has 2 unspecified atom stereocenters. The Labute approximate surface area is 141 Å². The third kappa shape index (κ3) is 3.51. The molecule has 0 radical (unpaired) electrons. The van der Waals surface area contributed by atoms with Crippen molar-refractivity contribution in [2.75, 3.05) is 13.2 Å². The first-order valence-electron chi connectivity index (χ1n) is 8.03. The molecule has 5 nitrogen and oxygen atoms in total. The number of fused-ring (bicyclic) bond motifs is 1. The van der Waals surface area contributed by atoms with E-state index >= 15 is 0 Å². The summed E-state index contributed by atoms with van der Waals surface area (Å²) < 4.78 is 11.2. The van der Waals surface area contributed by atoms with E-state index in [0.29, 0.717) is 30.1 Å². The molecule has 126 valence electrons. The van der Waals surface area contributed by atoms with Crippen molar-refractivity contribution in [3.8, 4) is 11.5 Å². The van der Waals surface area contributed by atoms with Gasteiger partial charge in [0.1, 0.15) is 17.1 Å². The van der Waals surface area contributed by atoms with Gasteiger partial charge in [-0.2, -0.15) is 0 Å². The molecule has 24 heavy (non-hydrogen) atoms. The monoisotopic (exact) mass is 327 g/mol. The number of para-hydroxylation sites is 2. The van der Waals surface area contributed by atoms with Crippen LogP contribution in [0.4, 0.5) is 0 Å². The molecule has 0 fully saturated rings. The van der Waals surface area contributed by atoms with Gasteiger partial charge in [0.25, 0.3) is 5.91 Å². The van der Waals surface area contributed by atoms with Crippen molar-refractivity contribution in [2.45, 2.75) is 25.0 Å². The Morgan fingerprint density at radius 1 is 1.25 bits per heavy atom. The van der Waals surface area contributed by atoms with Crippen molar-refractivity contribution in [2.24, 2.45) is 0 Å². The number of nitrogens with one attached hydrogen (secondary N) is 1. The van der Waals surface area contributed by atoms with E-state index in [1.165, 1.54) is 0 Å². The summed E-state index contributed by atoms with van der Waals surface area (Å²) in [5, 5.41) is 13.7. The average Bonchev–Trinajstić information content (AvgIpc) is 2.61. The molecule has 0 saturated carbocycles. The fourth-order valence-corrected chi connectivity index (χ4v) is 2.76. The van der Waals surface area contributed by atoms with Gasteiger partial charge in [-0.25, -0.2) is 0 Å². The minimum atomic E-state index is -1.13. The maximum Gasteiger partial charge on any atom is 0.260 e. The first kappa shape index (κ1) is 16.3. The summed E-state index contributed by atoms with van der Waals surface area (Å²) in [4.78, 5) is 12.3. The van der Waals surface area contributed by atoms with Crippen LogP contribution < -0.4 is 14.8 Å². The molecule has 2 N–H and O–H groups in total. The smallest absolute Gasteiger partial charge is 0.260 e. The molecule has 1 aliphatic rings. The van der Waals surface area contributed by atoms with Gasteiger partial charge in [-0.3, -0.25) is 4.79 Å². The lowest BCUT2D eigenvalue weighted by Gasteiger charge is -2.34. The maximum atomic E-state index is 12.3. The van der Waals surface area contributed by atoms with Gasteiger partial charge in [-0.05, 0) is 25.1 Å². The van der Waals surface area contributed by atoms with E-state index in [4.69, 9.17) is 9.47 Å². The summed E-state index contributed by atoms with van der Waals surface area (Å²) in [5.41, 5.74) is -0.426. The van der Waals surface area contributed by atoms with Crippen molar-refractivity contribution in [1.29, 1.82) is 0 Å².